The van der Waals surface area contributed by atoms with Gasteiger partial charge in [0.1, 0.15) is 0 Å². The van der Waals surface area contributed by atoms with Crippen LogP contribution < -0.4 is 16.0 Å². The van der Waals surface area contributed by atoms with Gasteiger partial charge in [-0.05, 0) is 43.9 Å². The van der Waals surface area contributed by atoms with E-state index in [9.17, 15) is 4.79 Å². The summed E-state index contributed by atoms with van der Waals surface area (Å²) in [7, 11) is 1.76. The molecular weight excluding hydrogens is 455 g/mol. The van der Waals surface area contributed by atoms with E-state index in [-0.39, 0.29) is 36.0 Å². The lowest BCUT2D eigenvalue weighted by Crippen LogP contribution is -2.38. The summed E-state index contributed by atoms with van der Waals surface area (Å²) >= 11 is 0. The van der Waals surface area contributed by atoms with Gasteiger partial charge in [0, 0.05) is 38.9 Å². The van der Waals surface area contributed by atoms with E-state index in [1.54, 1.807) is 7.05 Å². The average molecular weight is 490 g/mol. The van der Waals surface area contributed by atoms with Crippen molar-refractivity contribution in [3.8, 4) is 0 Å². The first kappa shape index (κ1) is 25.6. The molecule has 0 radical (unpaired) electrons. The topological polar surface area (TPSA) is 74.8 Å². The third kappa shape index (κ3) is 9.95. The summed E-state index contributed by atoms with van der Waals surface area (Å²) in [6.45, 7) is 11.1. The fraction of sp³-hybridized carbons (Fsp3) is 0.600. The number of carbonyl (C=O) groups is 1. The monoisotopic (exact) mass is 490 g/mol. The van der Waals surface area contributed by atoms with Crippen molar-refractivity contribution in [2.45, 2.75) is 46.8 Å². The Bertz CT molecular complexity index is 562. The van der Waals surface area contributed by atoms with Crippen molar-refractivity contribution in [3.05, 3.63) is 35.4 Å². The standard InChI is InChI=1S/C20H34N4O2.HI/c1-6-22-19(25)17-10-8-16(9-11-17)14-24-20(21-5)23-13-12-18(15(3)4)26-7-2;/h8-11,15,18H,6-7,12-14H2,1-5H3,(H,22,25)(H2,21,23,24);1H. The summed E-state index contributed by atoms with van der Waals surface area (Å²) < 4.78 is 5.76. The first-order chi connectivity index (χ1) is 12.5. The molecule has 0 aliphatic rings. The SMILES string of the molecule is CCNC(=O)c1ccc(CNC(=NC)NCCC(OCC)C(C)C)cc1.I. The largest absolute Gasteiger partial charge is 0.378 e. The van der Waals surface area contributed by atoms with Gasteiger partial charge in [-0.3, -0.25) is 9.79 Å². The Kier molecular flexibility index (Phi) is 13.9. The number of hydrogen-bond donors (Lipinski definition) is 3. The number of carbonyl (C=O) groups excluding carboxylic acids is 1. The zero-order valence-electron chi connectivity index (χ0n) is 17.2. The summed E-state index contributed by atoms with van der Waals surface area (Å²) in [6.07, 6.45) is 1.19. The van der Waals surface area contributed by atoms with Gasteiger partial charge < -0.3 is 20.7 Å². The minimum Gasteiger partial charge on any atom is -0.378 e. The zero-order valence-corrected chi connectivity index (χ0v) is 19.5. The predicted octanol–water partition coefficient (Wildman–Crippen LogP) is 3.17. The molecule has 1 aromatic rings. The minimum atomic E-state index is -0.0431. The van der Waals surface area contributed by atoms with Crippen LogP contribution in [-0.4, -0.2) is 44.7 Å². The Hall–Kier alpha value is -1.35. The van der Waals surface area contributed by atoms with Crippen molar-refractivity contribution in [2.24, 2.45) is 10.9 Å². The van der Waals surface area contributed by atoms with Crippen LogP contribution in [0.3, 0.4) is 0 Å². The molecule has 0 spiro atoms. The average Bonchev–Trinajstić information content (AvgIpc) is 2.64. The molecule has 0 fully saturated rings. The van der Waals surface area contributed by atoms with Gasteiger partial charge in [-0.15, -0.1) is 24.0 Å². The number of hydrogen-bond acceptors (Lipinski definition) is 3. The molecule has 1 aromatic carbocycles. The number of nitrogens with zero attached hydrogens (tertiary/aromatic N) is 1. The number of guanidine groups is 1. The van der Waals surface area contributed by atoms with Crippen molar-refractivity contribution in [1.29, 1.82) is 0 Å². The zero-order chi connectivity index (χ0) is 19.4. The Balaban J connectivity index is 0.00000676. The Labute approximate surface area is 181 Å². The van der Waals surface area contributed by atoms with Crippen molar-refractivity contribution >= 4 is 35.8 Å². The highest BCUT2D eigenvalue weighted by atomic mass is 127. The quantitative estimate of drug-likeness (QED) is 0.268. The van der Waals surface area contributed by atoms with Crippen LogP contribution >= 0.6 is 24.0 Å². The van der Waals surface area contributed by atoms with E-state index < -0.39 is 0 Å². The van der Waals surface area contributed by atoms with Crippen LogP contribution in [0.2, 0.25) is 0 Å². The van der Waals surface area contributed by atoms with E-state index in [4.69, 9.17) is 4.74 Å². The van der Waals surface area contributed by atoms with Gasteiger partial charge >= 0.3 is 0 Å². The lowest BCUT2D eigenvalue weighted by atomic mass is 10.0. The maximum Gasteiger partial charge on any atom is 0.251 e. The predicted molar refractivity (Wildman–Crippen MR) is 123 cm³/mol. The Morgan fingerprint density at radius 3 is 2.30 bits per heavy atom. The smallest absolute Gasteiger partial charge is 0.251 e. The first-order valence-corrected chi connectivity index (χ1v) is 9.45. The number of rotatable bonds is 10. The van der Waals surface area contributed by atoms with Gasteiger partial charge in [0.25, 0.3) is 5.91 Å². The van der Waals surface area contributed by atoms with E-state index in [1.807, 2.05) is 38.1 Å². The third-order valence-corrected chi connectivity index (χ3v) is 4.08. The number of benzene rings is 1. The molecule has 154 valence electrons. The van der Waals surface area contributed by atoms with Crippen molar-refractivity contribution in [3.63, 3.8) is 0 Å². The highest BCUT2D eigenvalue weighted by Crippen LogP contribution is 2.10. The molecule has 1 atom stereocenters. The van der Waals surface area contributed by atoms with Crippen LogP contribution in [0.5, 0.6) is 0 Å². The first-order valence-electron chi connectivity index (χ1n) is 9.45. The molecule has 3 N–H and O–H groups in total. The van der Waals surface area contributed by atoms with Crippen molar-refractivity contribution in [1.82, 2.24) is 16.0 Å². The summed E-state index contributed by atoms with van der Waals surface area (Å²) in [5.41, 5.74) is 1.77. The van der Waals surface area contributed by atoms with E-state index in [0.717, 1.165) is 31.1 Å². The highest BCUT2D eigenvalue weighted by Gasteiger charge is 2.13. The summed E-state index contributed by atoms with van der Waals surface area (Å²) in [4.78, 5) is 16.0. The van der Waals surface area contributed by atoms with E-state index >= 15 is 0 Å². The molecule has 1 rings (SSSR count). The van der Waals surface area contributed by atoms with Gasteiger partial charge in [-0.25, -0.2) is 0 Å². The number of aliphatic imine (C=N–C) groups is 1. The van der Waals surface area contributed by atoms with Gasteiger partial charge in [-0.1, -0.05) is 26.0 Å². The molecule has 1 unspecified atom stereocenters. The van der Waals surface area contributed by atoms with Crippen molar-refractivity contribution < 1.29 is 9.53 Å². The maximum absolute atomic E-state index is 11.8. The lowest BCUT2D eigenvalue weighted by Gasteiger charge is -2.21. The fourth-order valence-corrected chi connectivity index (χ4v) is 2.60. The highest BCUT2D eigenvalue weighted by molar-refractivity contribution is 14.0. The van der Waals surface area contributed by atoms with Crippen LogP contribution in [0.4, 0.5) is 0 Å². The molecule has 27 heavy (non-hydrogen) atoms. The van der Waals surface area contributed by atoms with Gasteiger partial charge in [0.05, 0.1) is 6.10 Å². The minimum absolute atomic E-state index is 0. The number of halogens is 1. The lowest BCUT2D eigenvalue weighted by molar-refractivity contribution is 0.0258. The fourth-order valence-electron chi connectivity index (χ4n) is 2.60. The second kappa shape index (κ2) is 14.7. The normalized spacial score (nSPS) is 12.3. The molecule has 0 aliphatic heterocycles. The molecule has 0 bridgehead atoms. The van der Waals surface area contributed by atoms with Crippen LogP contribution in [0.1, 0.15) is 50.0 Å². The molecule has 7 heteroatoms. The molecule has 0 heterocycles. The molecule has 0 saturated carbocycles. The second-order valence-corrected chi connectivity index (χ2v) is 6.44. The Morgan fingerprint density at radius 1 is 1.11 bits per heavy atom. The van der Waals surface area contributed by atoms with E-state index in [0.29, 0.717) is 24.6 Å². The van der Waals surface area contributed by atoms with Crippen LogP contribution in [0.25, 0.3) is 0 Å². The van der Waals surface area contributed by atoms with E-state index in [1.165, 1.54) is 0 Å². The van der Waals surface area contributed by atoms with Crippen LogP contribution in [-0.2, 0) is 11.3 Å². The van der Waals surface area contributed by atoms with E-state index in [2.05, 4.69) is 34.8 Å². The summed E-state index contributed by atoms with van der Waals surface area (Å²) in [6, 6.07) is 7.59. The summed E-state index contributed by atoms with van der Waals surface area (Å²) in [5, 5.41) is 9.41. The second-order valence-electron chi connectivity index (χ2n) is 6.44. The van der Waals surface area contributed by atoms with Crippen LogP contribution in [0.15, 0.2) is 29.3 Å². The molecule has 0 aromatic heterocycles. The number of ether oxygens (including phenoxy) is 1. The molecule has 6 nitrogen and oxygen atoms in total. The van der Waals surface area contributed by atoms with Crippen LogP contribution in [0, 0.1) is 5.92 Å². The van der Waals surface area contributed by atoms with Gasteiger partial charge in [-0.2, -0.15) is 0 Å². The summed E-state index contributed by atoms with van der Waals surface area (Å²) in [5.74, 6) is 1.21. The Morgan fingerprint density at radius 2 is 1.78 bits per heavy atom. The maximum atomic E-state index is 11.8. The third-order valence-electron chi connectivity index (χ3n) is 4.08. The number of amides is 1. The molecule has 0 aliphatic carbocycles. The molecule has 1 amide bonds. The number of nitrogens with one attached hydrogen (secondary N) is 3. The van der Waals surface area contributed by atoms with Gasteiger partial charge in [0.15, 0.2) is 5.96 Å². The van der Waals surface area contributed by atoms with Gasteiger partial charge in [0.2, 0.25) is 0 Å². The molecule has 0 saturated heterocycles. The van der Waals surface area contributed by atoms with Crippen molar-refractivity contribution in [2.75, 3.05) is 26.7 Å². The molecular formula is C20H35IN4O2.